The lowest BCUT2D eigenvalue weighted by Gasteiger charge is -2.45. The first-order valence-corrected chi connectivity index (χ1v) is 11.0. The standard InChI is InChI=1S/C23H23N3OS/c1-3-7-21-19(5-1)26(20-6-2-4-8-22(20)27-21)18-13-16-9-10-17(14-18)25(16)15-23-24-11-12-28-23/h1-8,11-12,16-18H,9-10,13-15H2. The summed E-state index contributed by atoms with van der Waals surface area (Å²) >= 11 is 1.78. The Morgan fingerprint density at radius 1 is 0.893 bits per heavy atom. The highest BCUT2D eigenvalue weighted by Gasteiger charge is 2.44. The second kappa shape index (κ2) is 6.61. The molecule has 3 aliphatic heterocycles. The van der Waals surface area contributed by atoms with Gasteiger partial charge in [0.1, 0.15) is 5.01 Å². The van der Waals surface area contributed by atoms with Gasteiger partial charge in [-0.15, -0.1) is 11.3 Å². The van der Waals surface area contributed by atoms with Crippen molar-refractivity contribution in [3.8, 4) is 11.5 Å². The SMILES string of the molecule is c1ccc2c(c1)Oc1ccccc1N2C1CC2CCC(C1)N2Cc1nccs1. The summed E-state index contributed by atoms with van der Waals surface area (Å²) in [6.07, 6.45) is 6.94. The van der Waals surface area contributed by atoms with Gasteiger partial charge in [-0.25, -0.2) is 4.98 Å². The molecular weight excluding hydrogens is 366 g/mol. The number of aromatic nitrogens is 1. The van der Waals surface area contributed by atoms with Gasteiger partial charge < -0.3 is 9.64 Å². The van der Waals surface area contributed by atoms with E-state index in [1.807, 2.05) is 6.20 Å². The van der Waals surface area contributed by atoms with Crippen molar-refractivity contribution in [2.45, 2.75) is 50.4 Å². The minimum atomic E-state index is 0.510. The molecule has 2 fully saturated rings. The molecule has 3 aromatic rings. The van der Waals surface area contributed by atoms with E-state index in [4.69, 9.17) is 4.74 Å². The van der Waals surface area contributed by atoms with Gasteiger partial charge in [0, 0.05) is 29.7 Å². The maximum Gasteiger partial charge on any atom is 0.151 e. The lowest BCUT2D eigenvalue weighted by atomic mass is 9.94. The van der Waals surface area contributed by atoms with Crippen molar-refractivity contribution < 1.29 is 4.74 Å². The number of anilines is 2. The molecule has 142 valence electrons. The molecule has 5 heteroatoms. The van der Waals surface area contributed by atoms with Crippen LogP contribution in [0, 0.1) is 0 Å². The Kier molecular flexibility index (Phi) is 3.91. The van der Waals surface area contributed by atoms with Gasteiger partial charge in [0.05, 0.1) is 17.9 Å². The summed E-state index contributed by atoms with van der Waals surface area (Å²) in [5.74, 6) is 1.94. The van der Waals surface area contributed by atoms with Crippen LogP contribution < -0.4 is 9.64 Å². The van der Waals surface area contributed by atoms with Crippen LogP contribution in [0.3, 0.4) is 0 Å². The number of hydrogen-bond acceptors (Lipinski definition) is 5. The predicted molar refractivity (Wildman–Crippen MR) is 113 cm³/mol. The van der Waals surface area contributed by atoms with Gasteiger partial charge >= 0.3 is 0 Å². The van der Waals surface area contributed by atoms with Gasteiger partial charge in [-0.05, 0) is 49.9 Å². The summed E-state index contributed by atoms with van der Waals surface area (Å²) in [7, 11) is 0. The summed E-state index contributed by atoms with van der Waals surface area (Å²) in [6, 6.07) is 18.8. The van der Waals surface area contributed by atoms with E-state index in [2.05, 4.69) is 68.7 Å². The highest BCUT2D eigenvalue weighted by atomic mass is 32.1. The second-order valence-corrected chi connectivity index (χ2v) is 9.00. The third-order valence-electron chi connectivity index (χ3n) is 6.50. The number of rotatable bonds is 3. The second-order valence-electron chi connectivity index (χ2n) is 8.02. The van der Waals surface area contributed by atoms with E-state index >= 15 is 0 Å². The number of benzene rings is 2. The van der Waals surface area contributed by atoms with Gasteiger partial charge in [-0.2, -0.15) is 0 Å². The van der Waals surface area contributed by atoms with E-state index in [9.17, 15) is 0 Å². The van der Waals surface area contributed by atoms with Crippen LogP contribution in [0.1, 0.15) is 30.7 Å². The molecule has 0 N–H and O–H groups in total. The van der Waals surface area contributed by atoms with E-state index in [0.29, 0.717) is 18.1 Å². The van der Waals surface area contributed by atoms with E-state index < -0.39 is 0 Å². The number of para-hydroxylation sites is 4. The molecule has 0 aliphatic carbocycles. The van der Waals surface area contributed by atoms with Crippen molar-refractivity contribution >= 4 is 22.7 Å². The van der Waals surface area contributed by atoms with Crippen LogP contribution in [0.25, 0.3) is 0 Å². The van der Waals surface area contributed by atoms with Gasteiger partial charge in [0.25, 0.3) is 0 Å². The number of thiazole rings is 1. The van der Waals surface area contributed by atoms with Gasteiger partial charge in [0.15, 0.2) is 11.5 Å². The maximum atomic E-state index is 6.20. The molecule has 0 spiro atoms. The minimum absolute atomic E-state index is 0.510. The van der Waals surface area contributed by atoms with Crippen LogP contribution in [0.5, 0.6) is 11.5 Å². The first kappa shape index (κ1) is 16.6. The molecule has 2 unspecified atom stereocenters. The third kappa shape index (κ3) is 2.65. The van der Waals surface area contributed by atoms with Crippen LogP contribution >= 0.6 is 11.3 Å². The van der Waals surface area contributed by atoms with E-state index in [-0.39, 0.29) is 0 Å². The zero-order chi connectivity index (χ0) is 18.5. The summed E-state index contributed by atoms with van der Waals surface area (Å²) in [5, 5.41) is 3.34. The molecule has 4 heterocycles. The van der Waals surface area contributed by atoms with Crippen molar-refractivity contribution in [3.05, 3.63) is 65.1 Å². The summed E-state index contributed by atoms with van der Waals surface area (Å²) < 4.78 is 6.20. The number of fused-ring (bicyclic) bond motifs is 4. The molecule has 0 saturated carbocycles. The minimum Gasteiger partial charge on any atom is -0.453 e. The largest absolute Gasteiger partial charge is 0.453 e. The average molecular weight is 390 g/mol. The van der Waals surface area contributed by atoms with E-state index in [1.165, 1.54) is 42.1 Å². The molecule has 1 aromatic heterocycles. The maximum absolute atomic E-state index is 6.20. The van der Waals surface area contributed by atoms with Crippen LogP contribution in [0.2, 0.25) is 0 Å². The molecule has 2 atom stereocenters. The van der Waals surface area contributed by atoms with E-state index in [0.717, 1.165) is 18.0 Å². The zero-order valence-corrected chi connectivity index (χ0v) is 16.5. The Morgan fingerprint density at radius 2 is 1.54 bits per heavy atom. The summed E-state index contributed by atoms with van der Waals surface area (Å²) in [6.45, 7) is 1.01. The number of piperidine rings is 1. The van der Waals surface area contributed by atoms with Gasteiger partial charge in [-0.1, -0.05) is 24.3 Å². The number of hydrogen-bond donors (Lipinski definition) is 0. The van der Waals surface area contributed by atoms with Crippen molar-refractivity contribution in [2.75, 3.05) is 4.90 Å². The quantitative estimate of drug-likeness (QED) is 0.584. The van der Waals surface area contributed by atoms with Crippen molar-refractivity contribution in [2.24, 2.45) is 0 Å². The molecule has 2 saturated heterocycles. The Morgan fingerprint density at radius 3 is 2.14 bits per heavy atom. The molecule has 2 bridgehead atoms. The lowest BCUT2D eigenvalue weighted by Crippen LogP contribution is -2.49. The topological polar surface area (TPSA) is 28.6 Å². The smallest absolute Gasteiger partial charge is 0.151 e. The molecule has 2 aromatic carbocycles. The Hall–Kier alpha value is -2.37. The molecule has 0 amide bonds. The fourth-order valence-corrected chi connectivity index (χ4v) is 5.95. The molecule has 0 radical (unpaired) electrons. The van der Waals surface area contributed by atoms with Gasteiger partial charge in [0.2, 0.25) is 0 Å². The van der Waals surface area contributed by atoms with Crippen molar-refractivity contribution in [3.63, 3.8) is 0 Å². The first-order valence-electron chi connectivity index (χ1n) is 10.2. The molecule has 6 rings (SSSR count). The molecule has 3 aliphatic rings. The van der Waals surface area contributed by atoms with Crippen LogP contribution in [0.4, 0.5) is 11.4 Å². The van der Waals surface area contributed by atoms with Crippen LogP contribution in [0.15, 0.2) is 60.1 Å². The average Bonchev–Trinajstić information content (AvgIpc) is 3.32. The molecular formula is C23H23N3OS. The van der Waals surface area contributed by atoms with Crippen LogP contribution in [-0.2, 0) is 6.54 Å². The molecule has 4 nitrogen and oxygen atoms in total. The Labute approximate surface area is 169 Å². The third-order valence-corrected chi connectivity index (χ3v) is 7.26. The molecule has 28 heavy (non-hydrogen) atoms. The van der Waals surface area contributed by atoms with E-state index in [1.54, 1.807) is 11.3 Å². The predicted octanol–water partition coefficient (Wildman–Crippen LogP) is 5.58. The fourth-order valence-electron chi connectivity index (χ4n) is 5.33. The number of nitrogens with zero attached hydrogens (tertiary/aromatic N) is 3. The zero-order valence-electron chi connectivity index (χ0n) is 15.7. The van der Waals surface area contributed by atoms with Crippen molar-refractivity contribution in [1.29, 1.82) is 0 Å². The van der Waals surface area contributed by atoms with Crippen molar-refractivity contribution in [1.82, 2.24) is 9.88 Å². The monoisotopic (exact) mass is 389 g/mol. The lowest BCUT2D eigenvalue weighted by molar-refractivity contribution is 0.119. The normalized spacial score (nSPS) is 25.9. The summed E-state index contributed by atoms with van der Waals surface area (Å²) in [4.78, 5) is 9.80. The Balaban J connectivity index is 1.33. The highest BCUT2D eigenvalue weighted by Crippen LogP contribution is 2.50. The van der Waals surface area contributed by atoms with Gasteiger partial charge in [-0.3, -0.25) is 4.90 Å². The Bertz CT molecular complexity index is 930. The van der Waals surface area contributed by atoms with Crippen LogP contribution in [-0.4, -0.2) is 28.0 Å². The highest BCUT2D eigenvalue weighted by molar-refractivity contribution is 7.09. The first-order chi connectivity index (χ1) is 13.9. The fraction of sp³-hybridized carbons (Fsp3) is 0.348. The number of ether oxygens (including phenoxy) is 1. The summed E-state index contributed by atoms with van der Waals surface area (Å²) in [5.41, 5.74) is 2.41.